The number of methoxy groups -OCH3 is 2. The second-order valence-corrected chi connectivity index (χ2v) is 4.56. The number of aliphatic hydroxyl groups is 1. The first-order valence-corrected chi connectivity index (χ1v) is 6.73. The minimum atomic E-state index is -0.645. The second-order valence-electron chi connectivity index (χ2n) is 4.56. The number of benzene rings is 1. The molecule has 0 spiro atoms. The van der Waals surface area contributed by atoms with Crippen molar-refractivity contribution in [2.75, 3.05) is 14.2 Å². The second kappa shape index (κ2) is 9.66. The van der Waals surface area contributed by atoms with Crippen molar-refractivity contribution in [2.24, 2.45) is 0 Å². The fourth-order valence-electron chi connectivity index (χ4n) is 1.67. The standard InChI is InChI=1S/C16H24O4/c1-13(20-12-14-8-5-4-6-9-14)15(17)10-7-11-16(18-2)19-3/h4-10,13,15-17H,11-12H2,1-3H3/b10-7-/t13-,15-/m1/s1. The summed E-state index contributed by atoms with van der Waals surface area (Å²) in [5.74, 6) is 0. The van der Waals surface area contributed by atoms with Crippen molar-refractivity contribution >= 4 is 0 Å². The van der Waals surface area contributed by atoms with Crippen LogP contribution in [0.3, 0.4) is 0 Å². The van der Waals surface area contributed by atoms with Gasteiger partial charge in [0.15, 0.2) is 6.29 Å². The Labute approximate surface area is 121 Å². The summed E-state index contributed by atoms with van der Waals surface area (Å²) in [5, 5.41) is 9.96. The van der Waals surface area contributed by atoms with Crippen molar-refractivity contribution in [1.29, 1.82) is 0 Å². The molecule has 0 aromatic heterocycles. The van der Waals surface area contributed by atoms with Gasteiger partial charge in [0.05, 0.1) is 18.8 Å². The summed E-state index contributed by atoms with van der Waals surface area (Å²) in [7, 11) is 3.17. The molecule has 2 atom stereocenters. The maximum Gasteiger partial charge on any atom is 0.160 e. The van der Waals surface area contributed by atoms with E-state index in [1.165, 1.54) is 0 Å². The Morgan fingerprint density at radius 1 is 1.15 bits per heavy atom. The van der Waals surface area contributed by atoms with Crippen LogP contribution in [-0.4, -0.2) is 37.8 Å². The van der Waals surface area contributed by atoms with Gasteiger partial charge in [0.2, 0.25) is 0 Å². The summed E-state index contributed by atoms with van der Waals surface area (Å²) in [5.41, 5.74) is 1.09. The number of hydrogen-bond acceptors (Lipinski definition) is 4. The Balaban J connectivity index is 2.31. The smallest absolute Gasteiger partial charge is 0.160 e. The molecule has 4 heteroatoms. The molecule has 0 aliphatic carbocycles. The van der Waals surface area contributed by atoms with Gasteiger partial charge in [-0.3, -0.25) is 0 Å². The number of rotatable bonds is 9. The molecule has 0 bridgehead atoms. The molecule has 0 aliphatic rings. The summed E-state index contributed by atoms with van der Waals surface area (Å²) in [6, 6.07) is 9.89. The molecule has 0 saturated heterocycles. The molecule has 112 valence electrons. The molecule has 0 saturated carbocycles. The van der Waals surface area contributed by atoms with Gasteiger partial charge >= 0.3 is 0 Å². The van der Waals surface area contributed by atoms with Crippen LogP contribution in [0, 0.1) is 0 Å². The highest BCUT2D eigenvalue weighted by Gasteiger charge is 2.11. The van der Waals surface area contributed by atoms with Crippen molar-refractivity contribution in [2.45, 2.75) is 38.4 Å². The average molecular weight is 280 g/mol. The van der Waals surface area contributed by atoms with Crippen molar-refractivity contribution in [3.63, 3.8) is 0 Å². The third kappa shape index (κ3) is 6.30. The van der Waals surface area contributed by atoms with Crippen LogP contribution in [0.15, 0.2) is 42.5 Å². The Morgan fingerprint density at radius 3 is 2.40 bits per heavy atom. The zero-order valence-corrected chi connectivity index (χ0v) is 12.4. The van der Waals surface area contributed by atoms with Crippen LogP contribution in [0.25, 0.3) is 0 Å². The minimum Gasteiger partial charge on any atom is -0.386 e. The monoisotopic (exact) mass is 280 g/mol. The van der Waals surface area contributed by atoms with Crippen LogP contribution in [0.1, 0.15) is 18.9 Å². The highest BCUT2D eigenvalue weighted by Crippen LogP contribution is 2.08. The maximum absolute atomic E-state index is 9.96. The molecule has 4 nitrogen and oxygen atoms in total. The van der Waals surface area contributed by atoms with Crippen LogP contribution < -0.4 is 0 Å². The Kier molecular flexibility index (Phi) is 8.14. The third-order valence-corrected chi connectivity index (χ3v) is 3.02. The van der Waals surface area contributed by atoms with Crippen molar-refractivity contribution in [3.05, 3.63) is 48.0 Å². The molecule has 0 aliphatic heterocycles. The highest BCUT2D eigenvalue weighted by molar-refractivity contribution is 5.13. The van der Waals surface area contributed by atoms with Crippen LogP contribution in [-0.2, 0) is 20.8 Å². The molecule has 1 rings (SSSR count). The third-order valence-electron chi connectivity index (χ3n) is 3.02. The fraction of sp³-hybridized carbons (Fsp3) is 0.500. The summed E-state index contributed by atoms with van der Waals surface area (Å²) in [6.07, 6.45) is 2.95. The molecule has 0 radical (unpaired) electrons. The van der Waals surface area contributed by atoms with Gasteiger partial charge in [-0.1, -0.05) is 42.5 Å². The first-order valence-electron chi connectivity index (χ1n) is 6.73. The zero-order valence-electron chi connectivity index (χ0n) is 12.4. The van der Waals surface area contributed by atoms with Crippen LogP contribution in [0.5, 0.6) is 0 Å². The normalized spacial score (nSPS) is 14.8. The fourth-order valence-corrected chi connectivity index (χ4v) is 1.67. The van der Waals surface area contributed by atoms with Crippen molar-refractivity contribution < 1.29 is 19.3 Å². The van der Waals surface area contributed by atoms with Crippen LogP contribution >= 0.6 is 0 Å². The number of ether oxygens (including phenoxy) is 3. The number of aliphatic hydroxyl groups excluding tert-OH is 1. The Hall–Kier alpha value is -1.20. The first-order chi connectivity index (χ1) is 9.67. The summed E-state index contributed by atoms with van der Waals surface area (Å²) < 4.78 is 15.8. The highest BCUT2D eigenvalue weighted by atomic mass is 16.7. The van der Waals surface area contributed by atoms with Gasteiger partial charge in [-0.25, -0.2) is 0 Å². The van der Waals surface area contributed by atoms with Gasteiger partial charge in [-0.2, -0.15) is 0 Å². The van der Waals surface area contributed by atoms with Crippen LogP contribution in [0.2, 0.25) is 0 Å². The molecule has 20 heavy (non-hydrogen) atoms. The quantitative estimate of drug-likeness (QED) is 0.558. The van der Waals surface area contributed by atoms with E-state index in [1.807, 2.05) is 43.3 Å². The first kappa shape index (κ1) is 16.9. The van der Waals surface area contributed by atoms with Gasteiger partial charge in [0.1, 0.15) is 0 Å². The molecule has 1 aromatic carbocycles. The predicted molar refractivity (Wildman–Crippen MR) is 78.3 cm³/mol. The summed E-state index contributed by atoms with van der Waals surface area (Å²) in [4.78, 5) is 0. The van der Waals surface area contributed by atoms with E-state index in [2.05, 4.69) is 0 Å². The van der Waals surface area contributed by atoms with Crippen LogP contribution in [0.4, 0.5) is 0 Å². The molecular weight excluding hydrogens is 256 g/mol. The van der Waals surface area contributed by atoms with E-state index in [-0.39, 0.29) is 12.4 Å². The zero-order chi connectivity index (χ0) is 14.8. The summed E-state index contributed by atoms with van der Waals surface area (Å²) >= 11 is 0. The molecule has 1 aromatic rings. The lowest BCUT2D eigenvalue weighted by Gasteiger charge is -2.17. The molecular formula is C16H24O4. The van der Waals surface area contributed by atoms with Gasteiger partial charge < -0.3 is 19.3 Å². The minimum absolute atomic E-state index is 0.269. The lowest BCUT2D eigenvalue weighted by Crippen LogP contribution is -2.24. The Morgan fingerprint density at radius 2 is 1.80 bits per heavy atom. The Bertz CT molecular complexity index is 373. The number of hydrogen-bond donors (Lipinski definition) is 1. The molecule has 0 unspecified atom stereocenters. The molecule has 1 N–H and O–H groups in total. The van der Waals surface area contributed by atoms with E-state index in [1.54, 1.807) is 20.3 Å². The van der Waals surface area contributed by atoms with E-state index in [4.69, 9.17) is 14.2 Å². The van der Waals surface area contributed by atoms with Gasteiger partial charge in [-0.15, -0.1) is 0 Å². The summed E-state index contributed by atoms with van der Waals surface area (Å²) in [6.45, 7) is 2.34. The van der Waals surface area contributed by atoms with Gasteiger partial charge in [-0.05, 0) is 12.5 Å². The van der Waals surface area contributed by atoms with E-state index < -0.39 is 6.10 Å². The van der Waals surface area contributed by atoms with E-state index in [0.717, 1.165) is 5.56 Å². The van der Waals surface area contributed by atoms with E-state index in [9.17, 15) is 5.11 Å². The van der Waals surface area contributed by atoms with E-state index >= 15 is 0 Å². The average Bonchev–Trinajstić information content (AvgIpc) is 2.50. The topological polar surface area (TPSA) is 47.9 Å². The SMILES string of the molecule is COC(C/C=C\[C@@H](O)[C@@H](C)OCc1ccccc1)OC. The van der Waals surface area contributed by atoms with Crippen molar-refractivity contribution in [3.8, 4) is 0 Å². The lowest BCUT2D eigenvalue weighted by molar-refractivity contribution is -0.0988. The van der Waals surface area contributed by atoms with Crippen molar-refractivity contribution in [1.82, 2.24) is 0 Å². The molecule has 0 fully saturated rings. The predicted octanol–water partition coefficient (Wildman–Crippen LogP) is 2.52. The van der Waals surface area contributed by atoms with Gasteiger partial charge in [0.25, 0.3) is 0 Å². The molecule has 0 amide bonds. The maximum atomic E-state index is 9.96. The largest absolute Gasteiger partial charge is 0.386 e. The molecule has 0 heterocycles. The lowest BCUT2D eigenvalue weighted by atomic mass is 10.2. The van der Waals surface area contributed by atoms with E-state index in [0.29, 0.717) is 13.0 Å². The van der Waals surface area contributed by atoms with Gasteiger partial charge in [0, 0.05) is 20.6 Å².